The first kappa shape index (κ1) is 15.8. The third kappa shape index (κ3) is 13.9. The van der Waals surface area contributed by atoms with Crippen molar-refractivity contribution >= 4 is 45.6 Å². The number of hydrogen-bond acceptors (Lipinski definition) is 2. The van der Waals surface area contributed by atoms with E-state index in [4.69, 9.17) is 9.79 Å². The molecule has 4 nitrogen and oxygen atoms in total. The second-order valence-corrected chi connectivity index (χ2v) is 3.62. The summed E-state index contributed by atoms with van der Waals surface area (Å²) in [5, 5.41) is 0. The topological polar surface area (TPSA) is 66.8 Å². The van der Waals surface area contributed by atoms with E-state index < -0.39 is 7.82 Å². The number of phosphoric acid groups is 1. The van der Waals surface area contributed by atoms with Gasteiger partial charge in [-0.2, -0.15) is 0 Å². The van der Waals surface area contributed by atoms with Gasteiger partial charge in [0, 0.05) is 0 Å². The van der Waals surface area contributed by atoms with Gasteiger partial charge in [0.1, 0.15) is 0 Å². The minimum atomic E-state index is -4.21. The molecule has 6 heteroatoms. The predicted octanol–water partition coefficient (Wildman–Crippen LogP) is 1.52. The van der Waals surface area contributed by atoms with Crippen LogP contribution in [-0.2, 0) is 9.09 Å². The summed E-state index contributed by atoms with van der Waals surface area (Å²) in [6, 6.07) is 0. The first-order chi connectivity index (χ1) is 5.06. The van der Waals surface area contributed by atoms with Crippen molar-refractivity contribution in [1.29, 1.82) is 0 Å². The van der Waals surface area contributed by atoms with Crippen molar-refractivity contribution in [3.8, 4) is 0 Å². The van der Waals surface area contributed by atoms with Gasteiger partial charge in [0.25, 0.3) is 0 Å². The smallest absolute Gasteiger partial charge is 1.00 e. The van der Waals surface area contributed by atoms with Crippen molar-refractivity contribution in [2.75, 3.05) is 6.61 Å². The van der Waals surface area contributed by atoms with Crippen LogP contribution in [0.3, 0.4) is 0 Å². The van der Waals surface area contributed by atoms with Crippen LogP contribution in [0.2, 0.25) is 0 Å². The maximum atomic E-state index is 10.1. The molecule has 0 spiro atoms. The predicted molar refractivity (Wildman–Crippen MR) is 50.1 cm³/mol. The molecule has 72 valence electrons. The van der Waals surface area contributed by atoms with E-state index >= 15 is 0 Å². The maximum Gasteiger partial charge on any atom is 2.00 e. The Hall–Kier alpha value is 1.37. The molecule has 0 radical (unpaired) electrons. The fourth-order valence-corrected chi connectivity index (χ4v) is 1.08. The van der Waals surface area contributed by atoms with Crippen LogP contribution in [0.4, 0.5) is 0 Å². The van der Waals surface area contributed by atoms with E-state index in [-0.39, 0.29) is 47.2 Å². The Morgan fingerprint density at radius 1 is 1.33 bits per heavy atom. The van der Waals surface area contributed by atoms with Crippen LogP contribution in [0.15, 0.2) is 0 Å². The number of unbranched alkanes of at least 4 members (excludes halogenated alkanes) is 3. The monoisotopic (exact) mass is 224 g/mol. The van der Waals surface area contributed by atoms with Gasteiger partial charge in [-0.15, -0.1) is 0 Å². The van der Waals surface area contributed by atoms with Crippen LogP contribution in [0.5, 0.6) is 0 Å². The summed E-state index contributed by atoms with van der Waals surface area (Å²) >= 11 is 0. The van der Waals surface area contributed by atoms with Crippen LogP contribution in [0.1, 0.15) is 35.5 Å². The molecule has 0 atom stereocenters. The normalized spacial score (nSPS) is 10.9. The van der Waals surface area contributed by atoms with E-state index in [9.17, 15) is 4.57 Å². The molecule has 0 aromatic heterocycles. The zero-order chi connectivity index (χ0) is 8.74. The van der Waals surface area contributed by atoms with Crippen molar-refractivity contribution in [3.63, 3.8) is 0 Å². The Balaban J connectivity index is -0.000000167. The standard InChI is InChI=1S/C6H15O4P.Ca.2H/c1-2-3-4-5-6-10-11(7,8)9;;;/h2-6H2,1H3,(H2,7,8,9);;;/q;+2;2*-1. The first-order valence-corrected chi connectivity index (χ1v) is 5.29. The molecule has 0 aromatic rings. The number of phosphoric ester groups is 1. The van der Waals surface area contributed by atoms with E-state index in [2.05, 4.69) is 11.4 Å². The summed E-state index contributed by atoms with van der Waals surface area (Å²) in [4.78, 5) is 16.5. The Kier molecular flexibility index (Phi) is 11.8. The molecule has 0 saturated heterocycles. The molecule has 0 aliphatic rings. The van der Waals surface area contributed by atoms with Gasteiger partial charge in [-0.05, 0) is 6.42 Å². The summed E-state index contributed by atoms with van der Waals surface area (Å²) in [5.41, 5.74) is 0. The summed E-state index contributed by atoms with van der Waals surface area (Å²) in [6.07, 6.45) is 3.88. The molecule has 0 fully saturated rings. The molecule has 0 aromatic carbocycles. The second-order valence-electron chi connectivity index (χ2n) is 2.38. The van der Waals surface area contributed by atoms with Crippen LogP contribution in [0, 0.1) is 0 Å². The van der Waals surface area contributed by atoms with E-state index in [1.807, 2.05) is 0 Å². The fourth-order valence-electron chi connectivity index (χ4n) is 0.712. The van der Waals surface area contributed by atoms with Gasteiger partial charge in [-0.1, -0.05) is 26.2 Å². The van der Waals surface area contributed by atoms with Gasteiger partial charge in [-0.25, -0.2) is 4.57 Å². The van der Waals surface area contributed by atoms with E-state index in [1.165, 1.54) is 0 Å². The first-order valence-electron chi connectivity index (χ1n) is 3.76. The minimum absolute atomic E-state index is 0. The molecule has 0 heterocycles. The van der Waals surface area contributed by atoms with Crippen LogP contribution in [-0.4, -0.2) is 54.1 Å². The van der Waals surface area contributed by atoms with Crippen molar-refractivity contribution in [2.24, 2.45) is 0 Å². The minimum Gasteiger partial charge on any atom is -1.00 e. The molecule has 0 amide bonds. The Bertz CT molecular complexity index is 144. The maximum absolute atomic E-state index is 10.1. The molecule has 2 N–H and O–H groups in total. The third-order valence-corrected chi connectivity index (χ3v) is 1.78. The van der Waals surface area contributed by atoms with Crippen molar-refractivity contribution in [3.05, 3.63) is 0 Å². The van der Waals surface area contributed by atoms with Gasteiger partial charge in [0.15, 0.2) is 0 Å². The molecular formula is C6H17CaO4P. The van der Waals surface area contributed by atoms with Crippen LogP contribution in [0.25, 0.3) is 0 Å². The molecule has 0 saturated carbocycles. The molecule has 0 bridgehead atoms. The van der Waals surface area contributed by atoms with Crippen molar-refractivity contribution in [1.82, 2.24) is 0 Å². The third-order valence-electron chi connectivity index (χ3n) is 1.26. The molecule has 0 aliphatic heterocycles. The fraction of sp³-hybridized carbons (Fsp3) is 1.00. The molecule has 0 rings (SSSR count). The van der Waals surface area contributed by atoms with Crippen molar-refractivity contribution < 1.29 is 21.7 Å². The van der Waals surface area contributed by atoms with E-state index in [0.717, 1.165) is 25.7 Å². The van der Waals surface area contributed by atoms with Crippen molar-refractivity contribution in [2.45, 2.75) is 32.6 Å². The summed E-state index contributed by atoms with van der Waals surface area (Å²) in [6.45, 7) is 2.23. The van der Waals surface area contributed by atoms with Gasteiger partial charge >= 0.3 is 45.6 Å². The van der Waals surface area contributed by atoms with Crippen LogP contribution >= 0.6 is 7.82 Å². The number of hydrogen-bond donors (Lipinski definition) is 2. The zero-order valence-electron chi connectivity index (χ0n) is 9.40. The molecular weight excluding hydrogens is 207 g/mol. The van der Waals surface area contributed by atoms with Gasteiger partial charge in [-0.3, -0.25) is 4.52 Å². The molecule has 0 unspecified atom stereocenters. The summed E-state index contributed by atoms with van der Waals surface area (Å²) in [7, 11) is -4.21. The number of rotatable bonds is 6. The zero-order valence-corrected chi connectivity index (χ0v) is 10.5. The van der Waals surface area contributed by atoms with E-state index in [1.54, 1.807) is 0 Å². The average molecular weight is 224 g/mol. The van der Waals surface area contributed by atoms with Gasteiger partial charge < -0.3 is 12.6 Å². The Morgan fingerprint density at radius 3 is 2.33 bits per heavy atom. The second kappa shape index (κ2) is 8.95. The van der Waals surface area contributed by atoms with Crippen LogP contribution < -0.4 is 0 Å². The Morgan fingerprint density at radius 2 is 1.92 bits per heavy atom. The molecule has 0 aliphatic carbocycles. The van der Waals surface area contributed by atoms with E-state index in [0.29, 0.717) is 0 Å². The summed E-state index contributed by atoms with van der Waals surface area (Å²) in [5.74, 6) is 0. The molecule has 12 heavy (non-hydrogen) atoms. The average Bonchev–Trinajstić information content (AvgIpc) is 1.85. The quantitative estimate of drug-likeness (QED) is 0.408. The SMILES string of the molecule is CCCCCCOP(=O)(O)O.[Ca+2].[H-].[H-]. The van der Waals surface area contributed by atoms with Gasteiger partial charge in [0.05, 0.1) is 6.61 Å². The summed E-state index contributed by atoms with van der Waals surface area (Å²) < 4.78 is 14.4. The largest absolute Gasteiger partial charge is 2.00 e. The van der Waals surface area contributed by atoms with Gasteiger partial charge in [0.2, 0.25) is 0 Å². The Labute approximate surface area is 106 Å².